The number of fused-ring (bicyclic) bond motifs is 1. The van der Waals surface area contributed by atoms with Crippen LogP contribution in [0.4, 0.5) is 5.69 Å². The van der Waals surface area contributed by atoms with Crippen LogP contribution in [0.1, 0.15) is 11.4 Å². The van der Waals surface area contributed by atoms with Gasteiger partial charge in [0, 0.05) is 19.3 Å². The highest BCUT2D eigenvalue weighted by Crippen LogP contribution is 2.30. The van der Waals surface area contributed by atoms with Gasteiger partial charge in [0.25, 0.3) is 0 Å². The summed E-state index contributed by atoms with van der Waals surface area (Å²) in [5, 5.41) is 13.4. The van der Waals surface area contributed by atoms with E-state index in [1.54, 1.807) is 4.68 Å². The van der Waals surface area contributed by atoms with Crippen molar-refractivity contribution in [1.82, 2.24) is 14.8 Å². The summed E-state index contributed by atoms with van der Waals surface area (Å²) in [5.74, 6) is -0.300. The van der Waals surface area contributed by atoms with Gasteiger partial charge < -0.3 is 10.0 Å². The first-order valence-electron chi connectivity index (χ1n) is 6.53. The van der Waals surface area contributed by atoms with E-state index >= 15 is 0 Å². The molecule has 0 aliphatic carbocycles. The van der Waals surface area contributed by atoms with Gasteiger partial charge in [0.05, 0.1) is 12.5 Å². The molecule has 104 valence electrons. The van der Waals surface area contributed by atoms with Crippen molar-refractivity contribution in [2.24, 2.45) is 13.0 Å². The Hall–Kier alpha value is -2.37. The number of aliphatic carboxylic acids is 1. The highest BCUT2D eigenvalue weighted by Gasteiger charge is 2.29. The van der Waals surface area contributed by atoms with E-state index in [1.165, 1.54) is 6.33 Å². The highest BCUT2D eigenvalue weighted by molar-refractivity contribution is 5.73. The summed E-state index contributed by atoms with van der Waals surface area (Å²) in [5.41, 5.74) is 2.17. The average molecular weight is 272 g/mol. The summed E-state index contributed by atoms with van der Waals surface area (Å²) in [6.45, 7) is 1.07. The van der Waals surface area contributed by atoms with Crippen molar-refractivity contribution < 1.29 is 9.90 Å². The number of nitrogens with zero attached hydrogens (tertiary/aromatic N) is 4. The van der Waals surface area contributed by atoms with E-state index in [0.717, 1.165) is 17.1 Å². The number of hydrogen-bond donors (Lipinski definition) is 1. The summed E-state index contributed by atoms with van der Waals surface area (Å²) in [6.07, 6.45) is 2.10. The molecule has 1 N–H and O–H groups in total. The number of hydrogen-bond acceptors (Lipinski definition) is 4. The Balaban J connectivity index is 1.92. The topological polar surface area (TPSA) is 71.2 Å². The average Bonchev–Trinajstić information content (AvgIpc) is 2.84. The minimum Gasteiger partial charge on any atom is -0.481 e. The van der Waals surface area contributed by atoms with Crippen LogP contribution in [0, 0.1) is 5.92 Å². The van der Waals surface area contributed by atoms with Gasteiger partial charge in [-0.05, 0) is 18.1 Å². The van der Waals surface area contributed by atoms with Gasteiger partial charge in [-0.3, -0.25) is 9.48 Å². The number of aromatic nitrogens is 3. The second kappa shape index (κ2) is 4.96. The molecule has 0 bridgehead atoms. The van der Waals surface area contributed by atoms with E-state index in [2.05, 4.69) is 15.0 Å². The molecule has 0 saturated heterocycles. The number of aryl methyl sites for hydroxylation is 1. The van der Waals surface area contributed by atoms with Crippen LogP contribution in [0.2, 0.25) is 0 Å². The Kier molecular flexibility index (Phi) is 3.14. The number of rotatable bonds is 3. The number of benzene rings is 1. The van der Waals surface area contributed by atoms with Gasteiger partial charge in [0.2, 0.25) is 0 Å². The molecule has 2 heterocycles. The summed E-state index contributed by atoms with van der Waals surface area (Å²) in [6, 6.07) is 7.95. The van der Waals surface area contributed by atoms with Crippen LogP contribution >= 0.6 is 0 Å². The second-order valence-electron chi connectivity index (χ2n) is 5.05. The molecule has 3 rings (SSSR count). The molecule has 1 aliphatic heterocycles. The fourth-order valence-electron chi connectivity index (χ4n) is 2.64. The lowest BCUT2D eigenvalue weighted by molar-refractivity contribution is -0.141. The van der Waals surface area contributed by atoms with Crippen molar-refractivity contribution in [3.05, 3.63) is 42.0 Å². The first-order chi connectivity index (χ1) is 9.65. The predicted molar refractivity (Wildman–Crippen MR) is 73.3 cm³/mol. The monoisotopic (exact) mass is 272 g/mol. The molecule has 0 fully saturated rings. The van der Waals surface area contributed by atoms with Crippen molar-refractivity contribution >= 4 is 11.7 Å². The van der Waals surface area contributed by atoms with Crippen LogP contribution in [-0.4, -0.2) is 32.4 Å². The third-order valence-electron chi connectivity index (χ3n) is 3.73. The fraction of sp³-hybridized carbons (Fsp3) is 0.357. The summed E-state index contributed by atoms with van der Waals surface area (Å²) < 4.78 is 1.72. The van der Waals surface area contributed by atoms with Gasteiger partial charge in [-0.25, -0.2) is 4.98 Å². The molecule has 1 unspecified atom stereocenters. The molecule has 6 nitrogen and oxygen atoms in total. The first-order valence-corrected chi connectivity index (χ1v) is 6.53. The zero-order valence-corrected chi connectivity index (χ0v) is 11.2. The number of carboxylic acid groups (broad SMARTS) is 1. The van der Waals surface area contributed by atoms with Crippen molar-refractivity contribution in [2.45, 2.75) is 13.0 Å². The predicted octanol–water partition coefficient (Wildman–Crippen LogP) is 1.08. The van der Waals surface area contributed by atoms with Crippen molar-refractivity contribution in [1.29, 1.82) is 0 Å². The van der Waals surface area contributed by atoms with E-state index in [1.807, 2.05) is 31.3 Å². The lowest BCUT2D eigenvalue weighted by Gasteiger charge is -2.34. The molecule has 2 aromatic rings. The van der Waals surface area contributed by atoms with Gasteiger partial charge in [0.15, 0.2) is 0 Å². The van der Waals surface area contributed by atoms with Crippen LogP contribution in [0.15, 0.2) is 30.6 Å². The number of para-hydroxylation sites is 1. The molecule has 1 aromatic heterocycles. The summed E-state index contributed by atoms with van der Waals surface area (Å²) >= 11 is 0. The van der Waals surface area contributed by atoms with E-state index in [0.29, 0.717) is 19.5 Å². The van der Waals surface area contributed by atoms with Crippen molar-refractivity contribution in [3.8, 4) is 0 Å². The molecule has 20 heavy (non-hydrogen) atoms. The maximum Gasteiger partial charge on any atom is 0.308 e. The maximum atomic E-state index is 11.3. The quantitative estimate of drug-likeness (QED) is 0.905. The molecule has 1 atom stereocenters. The van der Waals surface area contributed by atoms with Gasteiger partial charge in [-0.1, -0.05) is 18.2 Å². The number of carboxylic acids is 1. The zero-order chi connectivity index (χ0) is 14.1. The second-order valence-corrected chi connectivity index (χ2v) is 5.05. The van der Waals surface area contributed by atoms with E-state index in [-0.39, 0.29) is 5.92 Å². The Labute approximate surface area is 116 Å². The fourth-order valence-corrected chi connectivity index (χ4v) is 2.64. The largest absolute Gasteiger partial charge is 0.481 e. The molecular weight excluding hydrogens is 256 g/mol. The molecule has 1 aliphatic rings. The van der Waals surface area contributed by atoms with E-state index in [9.17, 15) is 9.90 Å². The Morgan fingerprint density at radius 3 is 2.95 bits per heavy atom. The smallest absolute Gasteiger partial charge is 0.308 e. The summed E-state index contributed by atoms with van der Waals surface area (Å²) in [7, 11) is 1.84. The molecular formula is C14H16N4O2. The molecule has 1 aromatic carbocycles. The minimum absolute atomic E-state index is 0.377. The lowest BCUT2D eigenvalue weighted by Crippen LogP contribution is -2.39. The maximum absolute atomic E-state index is 11.3. The highest BCUT2D eigenvalue weighted by atomic mass is 16.4. The Morgan fingerprint density at radius 1 is 1.45 bits per heavy atom. The third kappa shape index (κ3) is 2.24. The number of carbonyl (C=O) groups is 1. The Morgan fingerprint density at radius 2 is 2.25 bits per heavy atom. The van der Waals surface area contributed by atoms with Crippen LogP contribution in [0.3, 0.4) is 0 Å². The minimum atomic E-state index is -0.748. The van der Waals surface area contributed by atoms with Gasteiger partial charge in [0.1, 0.15) is 12.2 Å². The first kappa shape index (κ1) is 12.7. The van der Waals surface area contributed by atoms with Gasteiger partial charge >= 0.3 is 5.97 Å². The van der Waals surface area contributed by atoms with Crippen LogP contribution in [-0.2, 0) is 24.8 Å². The Bertz CT molecular complexity index is 638. The van der Waals surface area contributed by atoms with E-state index in [4.69, 9.17) is 0 Å². The number of anilines is 1. The third-order valence-corrected chi connectivity index (χ3v) is 3.73. The van der Waals surface area contributed by atoms with Gasteiger partial charge in [-0.15, -0.1) is 0 Å². The van der Waals surface area contributed by atoms with Crippen LogP contribution in [0.25, 0.3) is 0 Å². The molecule has 0 radical (unpaired) electrons. The van der Waals surface area contributed by atoms with Crippen LogP contribution < -0.4 is 4.90 Å². The standard InChI is InChI=1S/C14H16N4O2/c1-17-13(15-9-16-17)8-18-7-11(14(19)20)6-10-4-2-3-5-12(10)18/h2-5,9,11H,6-8H2,1H3,(H,19,20). The zero-order valence-electron chi connectivity index (χ0n) is 11.2. The van der Waals surface area contributed by atoms with Crippen molar-refractivity contribution in [3.63, 3.8) is 0 Å². The normalized spacial score (nSPS) is 17.9. The van der Waals surface area contributed by atoms with E-state index < -0.39 is 5.97 Å². The van der Waals surface area contributed by atoms with Gasteiger partial charge in [-0.2, -0.15) is 5.10 Å². The molecule has 0 amide bonds. The molecule has 0 spiro atoms. The summed E-state index contributed by atoms with van der Waals surface area (Å²) in [4.78, 5) is 17.6. The van der Waals surface area contributed by atoms with Crippen molar-refractivity contribution in [2.75, 3.05) is 11.4 Å². The molecule has 6 heteroatoms. The van der Waals surface area contributed by atoms with Crippen LogP contribution in [0.5, 0.6) is 0 Å². The molecule has 0 saturated carbocycles. The SMILES string of the molecule is Cn1ncnc1CN1CC(C(=O)O)Cc2ccccc21. The lowest BCUT2D eigenvalue weighted by atomic mass is 9.92.